The number of benzene rings is 2. The molecule has 1 aliphatic rings. The van der Waals surface area contributed by atoms with Crippen LogP contribution in [0, 0.1) is 5.92 Å². The molecule has 0 N–H and O–H groups in total. The zero-order chi connectivity index (χ0) is 16.4. The van der Waals surface area contributed by atoms with Gasteiger partial charge in [-0.25, -0.2) is 0 Å². The number of hydrogen-bond acceptors (Lipinski definition) is 2. The van der Waals surface area contributed by atoms with Crippen molar-refractivity contribution in [1.82, 2.24) is 0 Å². The van der Waals surface area contributed by atoms with Crippen LogP contribution in [0.2, 0.25) is 0 Å². The average Bonchev–Trinajstić information content (AvgIpc) is 3.38. The topological polar surface area (TPSA) is 20.3 Å². The van der Waals surface area contributed by atoms with Crippen LogP contribution in [-0.4, -0.2) is 5.91 Å². The number of thiophene rings is 1. The summed E-state index contributed by atoms with van der Waals surface area (Å²) in [5.41, 5.74) is 3.38. The number of carbonyl (C=O) groups excluding carboxylic acids is 1. The molecule has 120 valence electrons. The molecule has 1 amide bonds. The summed E-state index contributed by atoms with van der Waals surface area (Å²) in [5.74, 6) is 0.477. The molecule has 1 saturated carbocycles. The van der Waals surface area contributed by atoms with E-state index in [4.69, 9.17) is 0 Å². The predicted molar refractivity (Wildman–Crippen MR) is 100 cm³/mol. The van der Waals surface area contributed by atoms with Crippen LogP contribution in [0.1, 0.15) is 18.4 Å². The van der Waals surface area contributed by atoms with E-state index in [0.29, 0.717) is 6.54 Å². The summed E-state index contributed by atoms with van der Waals surface area (Å²) in [6, 6.07) is 22.7. The second-order valence-corrected chi connectivity index (χ2v) is 7.13. The van der Waals surface area contributed by atoms with Crippen molar-refractivity contribution in [2.45, 2.75) is 19.4 Å². The highest BCUT2D eigenvalue weighted by atomic mass is 32.1. The number of carbonyl (C=O) groups is 1. The SMILES string of the molecule is O=C(C1CC1)N(Cc1ccccc1)c1csc(-c2ccccc2)c1. The minimum atomic E-state index is 0.216. The molecule has 1 aliphatic carbocycles. The van der Waals surface area contributed by atoms with E-state index in [9.17, 15) is 4.79 Å². The van der Waals surface area contributed by atoms with E-state index < -0.39 is 0 Å². The molecular weight excluding hydrogens is 314 g/mol. The van der Waals surface area contributed by atoms with Crippen molar-refractivity contribution in [3.8, 4) is 10.4 Å². The van der Waals surface area contributed by atoms with Gasteiger partial charge in [0.25, 0.3) is 0 Å². The number of nitrogens with zero attached hydrogens (tertiary/aromatic N) is 1. The highest BCUT2D eigenvalue weighted by Crippen LogP contribution is 2.37. The van der Waals surface area contributed by atoms with Crippen LogP contribution >= 0.6 is 11.3 Å². The van der Waals surface area contributed by atoms with Gasteiger partial charge in [0.1, 0.15) is 0 Å². The van der Waals surface area contributed by atoms with Gasteiger partial charge in [0.2, 0.25) is 5.91 Å². The normalized spacial score (nSPS) is 13.7. The summed E-state index contributed by atoms with van der Waals surface area (Å²) in [6.45, 7) is 0.640. The Kier molecular flexibility index (Phi) is 4.18. The molecule has 1 aromatic heterocycles. The summed E-state index contributed by atoms with van der Waals surface area (Å²) >= 11 is 1.70. The summed E-state index contributed by atoms with van der Waals surface area (Å²) in [4.78, 5) is 15.9. The van der Waals surface area contributed by atoms with E-state index in [1.165, 1.54) is 16.0 Å². The van der Waals surface area contributed by atoms with E-state index in [0.717, 1.165) is 18.5 Å². The molecule has 24 heavy (non-hydrogen) atoms. The first-order valence-corrected chi connectivity index (χ1v) is 9.18. The van der Waals surface area contributed by atoms with Crippen LogP contribution in [0.25, 0.3) is 10.4 Å². The molecule has 0 atom stereocenters. The Morgan fingerprint density at radius 3 is 2.33 bits per heavy atom. The molecule has 4 rings (SSSR count). The van der Waals surface area contributed by atoms with Crippen molar-refractivity contribution in [3.63, 3.8) is 0 Å². The first-order valence-electron chi connectivity index (χ1n) is 8.30. The van der Waals surface area contributed by atoms with Crippen molar-refractivity contribution in [2.75, 3.05) is 4.90 Å². The fourth-order valence-electron chi connectivity index (χ4n) is 2.83. The molecule has 1 fully saturated rings. The van der Waals surface area contributed by atoms with Crippen molar-refractivity contribution < 1.29 is 4.79 Å². The lowest BCUT2D eigenvalue weighted by molar-refractivity contribution is -0.119. The molecule has 0 saturated heterocycles. The van der Waals surface area contributed by atoms with Crippen LogP contribution in [-0.2, 0) is 11.3 Å². The minimum absolute atomic E-state index is 0.216. The Bertz CT molecular complexity index is 821. The average molecular weight is 333 g/mol. The minimum Gasteiger partial charge on any atom is -0.307 e. The molecule has 0 aliphatic heterocycles. The molecule has 0 spiro atoms. The Balaban J connectivity index is 1.63. The van der Waals surface area contributed by atoms with Gasteiger partial charge in [-0.15, -0.1) is 11.3 Å². The molecule has 3 heteroatoms. The third kappa shape index (κ3) is 3.26. The maximum absolute atomic E-state index is 12.8. The largest absolute Gasteiger partial charge is 0.307 e. The first-order chi connectivity index (χ1) is 11.8. The molecule has 1 heterocycles. The molecule has 0 radical (unpaired) electrons. The highest BCUT2D eigenvalue weighted by Gasteiger charge is 2.34. The Morgan fingerprint density at radius 1 is 1.00 bits per heavy atom. The van der Waals surface area contributed by atoms with Crippen LogP contribution < -0.4 is 4.90 Å². The van der Waals surface area contributed by atoms with Crippen molar-refractivity contribution in [3.05, 3.63) is 77.7 Å². The number of rotatable bonds is 5. The second kappa shape index (κ2) is 6.62. The zero-order valence-electron chi connectivity index (χ0n) is 13.4. The lowest BCUT2D eigenvalue weighted by atomic mass is 10.1. The summed E-state index contributed by atoms with van der Waals surface area (Å²) in [7, 11) is 0. The quantitative estimate of drug-likeness (QED) is 0.615. The van der Waals surface area contributed by atoms with Gasteiger partial charge in [-0.3, -0.25) is 4.79 Å². The van der Waals surface area contributed by atoms with Gasteiger partial charge in [0.05, 0.1) is 12.2 Å². The smallest absolute Gasteiger partial charge is 0.230 e. The van der Waals surface area contributed by atoms with Crippen LogP contribution in [0.4, 0.5) is 5.69 Å². The fraction of sp³-hybridized carbons (Fsp3) is 0.190. The van der Waals surface area contributed by atoms with Crippen LogP contribution in [0.3, 0.4) is 0 Å². The third-order valence-electron chi connectivity index (χ3n) is 4.33. The summed E-state index contributed by atoms with van der Waals surface area (Å²) < 4.78 is 0. The highest BCUT2D eigenvalue weighted by molar-refractivity contribution is 7.14. The van der Waals surface area contributed by atoms with E-state index in [2.05, 4.69) is 35.7 Å². The lowest BCUT2D eigenvalue weighted by Crippen LogP contribution is -2.31. The van der Waals surface area contributed by atoms with Crippen molar-refractivity contribution in [1.29, 1.82) is 0 Å². The summed E-state index contributed by atoms with van der Waals surface area (Å²) in [5, 5.41) is 2.10. The lowest BCUT2D eigenvalue weighted by Gasteiger charge is -2.21. The summed E-state index contributed by atoms with van der Waals surface area (Å²) in [6.07, 6.45) is 2.06. The van der Waals surface area contributed by atoms with Gasteiger partial charge in [-0.05, 0) is 30.0 Å². The first kappa shape index (κ1) is 15.2. The van der Waals surface area contributed by atoms with Crippen molar-refractivity contribution in [2.24, 2.45) is 5.92 Å². The Labute approximate surface area is 146 Å². The third-order valence-corrected chi connectivity index (χ3v) is 5.30. The molecule has 0 unspecified atom stereocenters. The number of anilines is 1. The number of hydrogen-bond donors (Lipinski definition) is 0. The van der Waals surface area contributed by atoms with Gasteiger partial charge >= 0.3 is 0 Å². The van der Waals surface area contributed by atoms with E-state index in [1.807, 2.05) is 41.3 Å². The van der Waals surface area contributed by atoms with Gasteiger partial charge in [-0.1, -0.05) is 60.7 Å². The Morgan fingerprint density at radius 2 is 1.67 bits per heavy atom. The molecule has 2 aromatic carbocycles. The van der Waals surface area contributed by atoms with Crippen LogP contribution in [0.15, 0.2) is 72.1 Å². The molecule has 3 aromatic rings. The Hall–Kier alpha value is -2.39. The van der Waals surface area contributed by atoms with Gasteiger partial charge in [0, 0.05) is 16.2 Å². The van der Waals surface area contributed by atoms with Crippen molar-refractivity contribution >= 4 is 22.9 Å². The van der Waals surface area contributed by atoms with E-state index >= 15 is 0 Å². The molecule has 0 bridgehead atoms. The number of amides is 1. The maximum atomic E-state index is 12.8. The van der Waals surface area contributed by atoms with E-state index in [-0.39, 0.29) is 11.8 Å². The van der Waals surface area contributed by atoms with Gasteiger partial charge in [0.15, 0.2) is 0 Å². The van der Waals surface area contributed by atoms with Crippen LogP contribution in [0.5, 0.6) is 0 Å². The molecular formula is C21H19NOS. The van der Waals surface area contributed by atoms with Gasteiger partial charge in [-0.2, -0.15) is 0 Å². The van der Waals surface area contributed by atoms with E-state index in [1.54, 1.807) is 11.3 Å². The zero-order valence-corrected chi connectivity index (χ0v) is 14.2. The predicted octanol–water partition coefficient (Wildman–Crippen LogP) is 5.36. The fourth-order valence-corrected chi connectivity index (χ4v) is 3.74. The van der Waals surface area contributed by atoms with Gasteiger partial charge < -0.3 is 4.90 Å². The maximum Gasteiger partial charge on any atom is 0.230 e. The second-order valence-electron chi connectivity index (χ2n) is 6.22. The monoisotopic (exact) mass is 333 g/mol. The standard InChI is InChI=1S/C21H19NOS/c23-21(18-11-12-18)22(14-16-7-3-1-4-8-16)19-13-20(24-15-19)17-9-5-2-6-10-17/h1-10,13,15,18H,11-12,14H2. The molecule has 2 nitrogen and oxygen atoms in total.